The summed E-state index contributed by atoms with van der Waals surface area (Å²) in [5.74, 6) is 0.535. The van der Waals surface area contributed by atoms with Crippen LogP contribution in [0.25, 0.3) is 11.3 Å². The van der Waals surface area contributed by atoms with Crippen molar-refractivity contribution in [3.05, 3.63) is 70.4 Å². The smallest absolute Gasteiger partial charge is 0.241 e. The molecule has 0 saturated carbocycles. The van der Waals surface area contributed by atoms with Crippen LogP contribution in [0, 0.1) is 6.92 Å². The van der Waals surface area contributed by atoms with E-state index in [0.29, 0.717) is 22.8 Å². The fraction of sp³-hybridized carbons (Fsp3) is 0.211. The van der Waals surface area contributed by atoms with Gasteiger partial charge in [0.15, 0.2) is 5.76 Å². The van der Waals surface area contributed by atoms with E-state index in [2.05, 4.69) is 9.88 Å². The Morgan fingerprint density at radius 2 is 1.88 bits per heavy atom. The van der Waals surface area contributed by atoms with E-state index < -0.39 is 10.0 Å². The van der Waals surface area contributed by atoms with E-state index in [1.807, 2.05) is 26.0 Å². The molecule has 0 fully saturated rings. The van der Waals surface area contributed by atoms with Crippen molar-refractivity contribution in [1.29, 1.82) is 0 Å². The van der Waals surface area contributed by atoms with Crippen LogP contribution in [-0.4, -0.2) is 13.6 Å². The number of sulfonamides is 1. The molecule has 1 heterocycles. The number of aromatic nitrogens is 1. The molecule has 1 aromatic heterocycles. The van der Waals surface area contributed by atoms with Crippen molar-refractivity contribution in [2.45, 2.75) is 31.7 Å². The number of benzene rings is 2. The van der Waals surface area contributed by atoms with Crippen molar-refractivity contribution >= 4 is 21.6 Å². The van der Waals surface area contributed by atoms with Gasteiger partial charge in [0.25, 0.3) is 0 Å². The Balaban J connectivity index is 1.93. The van der Waals surface area contributed by atoms with Crippen LogP contribution in [0.2, 0.25) is 5.02 Å². The van der Waals surface area contributed by atoms with Crippen LogP contribution in [0.15, 0.2) is 57.9 Å². The Hall–Kier alpha value is -2.15. The van der Waals surface area contributed by atoms with Crippen LogP contribution in [-0.2, 0) is 23.0 Å². The van der Waals surface area contributed by atoms with Crippen LogP contribution in [0.3, 0.4) is 0 Å². The molecule has 26 heavy (non-hydrogen) atoms. The summed E-state index contributed by atoms with van der Waals surface area (Å²) in [4.78, 5) is 0.235. The number of aryl methyl sites for hydroxylation is 2. The molecule has 0 aliphatic heterocycles. The molecule has 0 radical (unpaired) electrons. The first-order chi connectivity index (χ1) is 12.4. The second-order valence-electron chi connectivity index (χ2n) is 5.92. The lowest BCUT2D eigenvalue weighted by Crippen LogP contribution is -2.24. The molecular weight excluding hydrogens is 372 g/mol. The first-order valence-electron chi connectivity index (χ1n) is 8.20. The minimum atomic E-state index is -3.71. The summed E-state index contributed by atoms with van der Waals surface area (Å²) >= 11 is 6.11. The number of nitrogens with one attached hydrogen (secondary N) is 1. The highest BCUT2D eigenvalue weighted by Gasteiger charge is 2.20. The van der Waals surface area contributed by atoms with Gasteiger partial charge in [-0.15, -0.1) is 0 Å². The normalized spacial score (nSPS) is 11.7. The van der Waals surface area contributed by atoms with Gasteiger partial charge >= 0.3 is 0 Å². The minimum absolute atomic E-state index is 0.122. The molecule has 0 unspecified atom stereocenters. The van der Waals surface area contributed by atoms with E-state index in [0.717, 1.165) is 16.8 Å². The van der Waals surface area contributed by atoms with Crippen LogP contribution in [0.1, 0.15) is 23.7 Å². The van der Waals surface area contributed by atoms with Crippen molar-refractivity contribution in [3.63, 3.8) is 0 Å². The molecule has 0 aliphatic carbocycles. The third-order valence-electron chi connectivity index (χ3n) is 4.06. The second-order valence-corrected chi connectivity index (χ2v) is 8.07. The van der Waals surface area contributed by atoms with E-state index in [4.69, 9.17) is 16.1 Å². The SMILES string of the molecule is CCc1ccc(-c2cc(C)no2)cc1S(=O)(=O)NCc1ccccc1Cl. The highest BCUT2D eigenvalue weighted by atomic mass is 35.5. The Kier molecular flexibility index (Phi) is 5.46. The average molecular weight is 391 g/mol. The third-order valence-corrected chi connectivity index (χ3v) is 5.91. The summed E-state index contributed by atoms with van der Waals surface area (Å²) in [6.45, 7) is 3.85. The Morgan fingerprint density at radius 3 is 2.54 bits per heavy atom. The van der Waals surface area contributed by atoms with Gasteiger partial charge in [-0.3, -0.25) is 0 Å². The van der Waals surface area contributed by atoms with Crippen molar-refractivity contribution in [2.75, 3.05) is 0 Å². The van der Waals surface area contributed by atoms with Gasteiger partial charge in [0.05, 0.1) is 10.6 Å². The topological polar surface area (TPSA) is 72.2 Å². The molecule has 0 atom stereocenters. The molecule has 5 nitrogen and oxygen atoms in total. The molecular formula is C19H19ClN2O3S. The van der Waals surface area contributed by atoms with Gasteiger partial charge in [-0.2, -0.15) is 0 Å². The van der Waals surface area contributed by atoms with E-state index in [-0.39, 0.29) is 11.4 Å². The highest BCUT2D eigenvalue weighted by molar-refractivity contribution is 7.89. The molecule has 0 aliphatic rings. The van der Waals surface area contributed by atoms with Gasteiger partial charge in [0.2, 0.25) is 10.0 Å². The average Bonchev–Trinajstić information content (AvgIpc) is 3.07. The zero-order chi connectivity index (χ0) is 18.7. The van der Waals surface area contributed by atoms with Gasteiger partial charge in [0.1, 0.15) is 0 Å². The lowest BCUT2D eigenvalue weighted by atomic mass is 10.1. The van der Waals surface area contributed by atoms with Crippen LogP contribution in [0.5, 0.6) is 0 Å². The molecule has 0 spiro atoms. The molecule has 1 N–H and O–H groups in total. The van der Waals surface area contributed by atoms with E-state index in [1.165, 1.54) is 0 Å². The monoisotopic (exact) mass is 390 g/mol. The van der Waals surface area contributed by atoms with Crippen molar-refractivity contribution < 1.29 is 12.9 Å². The Bertz CT molecular complexity index is 1030. The summed E-state index contributed by atoms with van der Waals surface area (Å²) in [5.41, 5.74) is 2.86. The molecule has 0 bridgehead atoms. The summed E-state index contributed by atoms with van der Waals surface area (Å²) < 4.78 is 33.7. The Labute approximate surface area is 158 Å². The molecule has 3 aromatic rings. The van der Waals surface area contributed by atoms with Gasteiger partial charge in [-0.25, -0.2) is 13.1 Å². The number of hydrogen-bond donors (Lipinski definition) is 1. The number of halogens is 1. The van der Waals surface area contributed by atoms with Crippen molar-refractivity contribution in [2.24, 2.45) is 0 Å². The summed E-state index contributed by atoms with van der Waals surface area (Å²) in [6.07, 6.45) is 0.595. The number of nitrogens with zero attached hydrogens (tertiary/aromatic N) is 1. The van der Waals surface area contributed by atoms with Gasteiger partial charge in [0, 0.05) is 23.2 Å². The molecule has 136 valence electrons. The number of rotatable bonds is 6. The van der Waals surface area contributed by atoms with Gasteiger partial charge in [-0.1, -0.05) is 54.0 Å². The van der Waals surface area contributed by atoms with E-state index in [9.17, 15) is 8.42 Å². The first-order valence-corrected chi connectivity index (χ1v) is 10.1. The third kappa shape index (κ3) is 3.98. The van der Waals surface area contributed by atoms with Crippen LogP contribution >= 0.6 is 11.6 Å². The first kappa shape index (κ1) is 18.6. The summed E-state index contributed by atoms with van der Waals surface area (Å²) in [5, 5.41) is 4.38. The molecule has 7 heteroatoms. The quantitative estimate of drug-likeness (QED) is 0.679. The van der Waals surface area contributed by atoms with Crippen LogP contribution < -0.4 is 4.72 Å². The maximum atomic E-state index is 12.9. The van der Waals surface area contributed by atoms with Crippen molar-refractivity contribution in [1.82, 2.24) is 9.88 Å². The van der Waals surface area contributed by atoms with Gasteiger partial charge < -0.3 is 4.52 Å². The fourth-order valence-electron chi connectivity index (χ4n) is 2.64. The summed E-state index contributed by atoms with van der Waals surface area (Å²) in [6, 6.07) is 14.2. The largest absolute Gasteiger partial charge is 0.356 e. The highest BCUT2D eigenvalue weighted by Crippen LogP contribution is 2.27. The molecule has 0 amide bonds. The maximum Gasteiger partial charge on any atom is 0.241 e. The zero-order valence-electron chi connectivity index (χ0n) is 14.5. The van der Waals surface area contributed by atoms with Gasteiger partial charge in [-0.05, 0) is 36.6 Å². The molecule has 2 aromatic carbocycles. The number of hydrogen-bond acceptors (Lipinski definition) is 4. The van der Waals surface area contributed by atoms with E-state index >= 15 is 0 Å². The molecule has 0 saturated heterocycles. The summed E-state index contributed by atoms with van der Waals surface area (Å²) in [7, 11) is -3.71. The predicted molar refractivity (Wildman–Crippen MR) is 102 cm³/mol. The van der Waals surface area contributed by atoms with Crippen LogP contribution in [0.4, 0.5) is 0 Å². The van der Waals surface area contributed by atoms with Crippen molar-refractivity contribution in [3.8, 4) is 11.3 Å². The molecule has 3 rings (SSSR count). The second kappa shape index (κ2) is 7.61. The van der Waals surface area contributed by atoms with E-state index in [1.54, 1.807) is 36.4 Å². The lowest BCUT2D eigenvalue weighted by Gasteiger charge is -2.12. The standard InChI is InChI=1S/C19H19ClN2O3S/c1-3-14-8-9-15(18-10-13(2)22-25-18)11-19(14)26(23,24)21-12-16-6-4-5-7-17(16)20/h4-11,21H,3,12H2,1-2H3. The Morgan fingerprint density at radius 1 is 1.12 bits per heavy atom. The lowest BCUT2D eigenvalue weighted by molar-refractivity contribution is 0.427. The fourth-order valence-corrected chi connectivity index (χ4v) is 4.19. The zero-order valence-corrected chi connectivity index (χ0v) is 16.1. The maximum absolute atomic E-state index is 12.9. The minimum Gasteiger partial charge on any atom is -0.356 e. The predicted octanol–water partition coefficient (Wildman–Crippen LogP) is 4.34.